The minimum Gasteiger partial charge on any atom is -0.368 e. The quantitative estimate of drug-likeness (QED) is 0.627. The maximum absolute atomic E-state index is 12.4. The number of aromatic amines is 1. The van der Waals surface area contributed by atoms with Gasteiger partial charge in [-0.1, -0.05) is 6.07 Å². The molecule has 0 spiro atoms. The molecule has 3 aromatic rings. The molecule has 2 aromatic heterocycles. The van der Waals surface area contributed by atoms with Crippen LogP contribution in [-0.2, 0) is 12.8 Å². The Balaban J connectivity index is 1.40. The van der Waals surface area contributed by atoms with Gasteiger partial charge in [0.1, 0.15) is 5.82 Å². The second-order valence-corrected chi connectivity index (χ2v) is 6.45. The molecule has 3 N–H and O–H groups in total. The van der Waals surface area contributed by atoms with Crippen molar-refractivity contribution in [1.29, 1.82) is 0 Å². The van der Waals surface area contributed by atoms with E-state index in [1.807, 2.05) is 36.4 Å². The molecule has 0 fully saturated rings. The van der Waals surface area contributed by atoms with Crippen LogP contribution in [0.3, 0.4) is 0 Å². The molecular formula is C20H22N4O. The molecule has 5 nitrogen and oxygen atoms in total. The summed E-state index contributed by atoms with van der Waals surface area (Å²) in [4.78, 5) is 20.1. The summed E-state index contributed by atoms with van der Waals surface area (Å²) in [5, 5.41) is 7.36. The molecule has 25 heavy (non-hydrogen) atoms. The second kappa shape index (κ2) is 6.97. The number of fused-ring (bicyclic) bond motifs is 3. The zero-order valence-electron chi connectivity index (χ0n) is 14.1. The molecule has 0 radical (unpaired) electrons. The minimum absolute atomic E-state index is 0.0320. The van der Waals surface area contributed by atoms with Gasteiger partial charge in [0, 0.05) is 41.4 Å². The number of H-pyrrole nitrogens is 1. The van der Waals surface area contributed by atoms with Gasteiger partial charge in [-0.05, 0) is 61.6 Å². The number of nitrogens with zero attached hydrogens (tertiary/aromatic N) is 1. The van der Waals surface area contributed by atoms with Crippen LogP contribution in [0.15, 0.2) is 42.6 Å². The van der Waals surface area contributed by atoms with E-state index in [1.54, 1.807) is 6.20 Å². The number of carbonyl (C=O) groups is 1. The molecule has 0 bridgehead atoms. The van der Waals surface area contributed by atoms with Gasteiger partial charge >= 0.3 is 0 Å². The Hall–Kier alpha value is -2.82. The lowest BCUT2D eigenvalue weighted by atomic mass is 9.95. The van der Waals surface area contributed by atoms with Gasteiger partial charge in [-0.2, -0.15) is 0 Å². The number of pyridine rings is 1. The first kappa shape index (κ1) is 15.7. The maximum Gasteiger partial charge on any atom is 0.251 e. The normalized spacial score (nSPS) is 13.4. The number of anilines is 1. The summed E-state index contributed by atoms with van der Waals surface area (Å²) in [5.41, 5.74) is 4.60. The zero-order valence-corrected chi connectivity index (χ0v) is 14.1. The van der Waals surface area contributed by atoms with Crippen LogP contribution in [0, 0.1) is 0 Å². The van der Waals surface area contributed by atoms with E-state index in [1.165, 1.54) is 29.5 Å². The molecule has 1 aliphatic carbocycles. The van der Waals surface area contributed by atoms with Crippen LogP contribution in [-0.4, -0.2) is 29.0 Å². The van der Waals surface area contributed by atoms with Crippen molar-refractivity contribution in [1.82, 2.24) is 15.3 Å². The van der Waals surface area contributed by atoms with Gasteiger partial charge in [0.2, 0.25) is 0 Å². The third-order valence-corrected chi connectivity index (χ3v) is 4.74. The standard InChI is InChI=1S/C20H22N4O/c25-20(23-12-11-22-19-7-3-4-10-21-19)14-8-9-18-16(13-14)15-5-1-2-6-17(15)24-18/h3-4,7-10,13,24H,1-2,5-6,11-12H2,(H,21,22)(H,23,25). The summed E-state index contributed by atoms with van der Waals surface area (Å²) in [6.45, 7) is 1.20. The van der Waals surface area contributed by atoms with Crippen molar-refractivity contribution in [2.75, 3.05) is 18.4 Å². The summed E-state index contributed by atoms with van der Waals surface area (Å²) in [6.07, 6.45) is 6.44. The molecular weight excluding hydrogens is 312 g/mol. The number of amides is 1. The molecule has 5 heteroatoms. The lowest BCUT2D eigenvalue weighted by molar-refractivity contribution is 0.0955. The van der Waals surface area contributed by atoms with Gasteiger partial charge < -0.3 is 15.6 Å². The van der Waals surface area contributed by atoms with Gasteiger partial charge in [0.05, 0.1) is 0 Å². The number of nitrogens with one attached hydrogen (secondary N) is 3. The van der Waals surface area contributed by atoms with Crippen molar-refractivity contribution < 1.29 is 4.79 Å². The fourth-order valence-electron chi connectivity index (χ4n) is 3.48. The molecule has 128 valence electrons. The number of aromatic nitrogens is 2. The first-order chi connectivity index (χ1) is 12.3. The minimum atomic E-state index is -0.0320. The lowest BCUT2D eigenvalue weighted by Crippen LogP contribution is -2.28. The monoisotopic (exact) mass is 334 g/mol. The second-order valence-electron chi connectivity index (χ2n) is 6.45. The predicted molar refractivity (Wildman–Crippen MR) is 100 cm³/mol. The molecule has 1 amide bonds. The number of hydrogen-bond acceptors (Lipinski definition) is 3. The Morgan fingerprint density at radius 1 is 1.12 bits per heavy atom. The summed E-state index contributed by atoms with van der Waals surface area (Å²) in [6, 6.07) is 11.7. The van der Waals surface area contributed by atoms with Crippen molar-refractivity contribution in [3.8, 4) is 0 Å². The van der Waals surface area contributed by atoms with E-state index >= 15 is 0 Å². The van der Waals surface area contributed by atoms with E-state index in [4.69, 9.17) is 0 Å². The summed E-state index contributed by atoms with van der Waals surface area (Å²) >= 11 is 0. The maximum atomic E-state index is 12.4. The molecule has 0 aliphatic heterocycles. The third-order valence-electron chi connectivity index (χ3n) is 4.74. The van der Waals surface area contributed by atoms with Crippen molar-refractivity contribution in [2.24, 2.45) is 0 Å². The number of hydrogen-bond donors (Lipinski definition) is 3. The average Bonchev–Trinajstić information content (AvgIpc) is 3.04. The Morgan fingerprint density at radius 3 is 2.92 bits per heavy atom. The SMILES string of the molecule is O=C(NCCNc1ccccn1)c1ccc2[nH]c3c(c2c1)CCCC3. The predicted octanol–water partition coefficient (Wildman–Crippen LogP) is 3.28. The zero-order chi connectivity index (χ0) is 17.1. The van der Waals surface area contributed by atoms with Crippen LogP contribution in [0.2, 0.25) is 0 Å². The first-order valence-electron chi connectivity index (χ1n) is 8.88. The Bertz CT molecular complexity index is 885. The first-order valence-corrected chi connectivity index (χ1v) is 8.88. The summed E-state index contributed by atoms with van der Waals surface area (Å²) < 4.78 is 0. The van der Waals surface area contributed by atoms with Crippen LogP contribution in [0.25, 0.3) is 10.9 Å². The Morgan fingerprint density at radius 2 is 2.04 bits per heavy atom. The number of benzene rings is 1. The van der Waals surface area contributed by atoms with Crippen molar-refractivity contribution >= 4 is 22.6 Å². The molecule has 0 unspecified atom stereocenters. The van der Waals surface area contributed by atoms with Gasteiger partial charge in [-0.15, -0.1) is 0 Å². The summed E-state index contributed by atoms with van der Waals surface area (Å²) in [5.74, 6) is 0.785. The smallest absolute Gasteiger partial charge is 0.251 e. The van der Waals surface area contributed by atoms with Crippen LogP contribution < -0.4 is 10.6 Å². The van der Waals surface area contributed by atoms with Gasteiger partial charge in [-0.25, -0.2) is 4.98 Å². The van der Waals surface area contributed by atoms with Crippen molar-refractivity contribution in [3.05, 3.63) is 59.4 Å². The lowest BCUT2D eigenvalue weighted by Gasteiger charge is -2.11. The van der Waals surface area contributed by atoms with Crippen molar-refractivity contribution in [2.45, 2.75) is 25.7 Å². The Labute approximate surface area is 146 Å². The highest BCUT2D eigenvalue weighted by Crippen LogP contribution is 2.29. The fraction of sp³-hybridized carbons (Fsp3) is 0.300. The van der Waals surface area contributed by atoms with E-state index in [-0.39, 0.29) is 5.91 Å². The average molecular weight is 334 g/mol. The van der Waals surface area contributed by atoms with E-state index < -0.39 is 0 Å². The largest absolute Gasteiger partial charge is 0.368 e. The van der Waals surface area contributed by atoms with Gasteiger partial charge in [0.15, 0.2) is 0 Å². The van der Waals surface area contributed by atoms with Gasteiger partial charge in [-0.3, -0.25) is 4.79 Å². The number of rotatable bonds is 5. The highest BCUT2D eigenvalue weighted by Gasteiger charge is 2.16. The van der Waals surface area contributed by atoms with E-state index in [2.05, 4.69) is 20.6 Å². The van der Waals surface area contributed by atoms with Crippen LogP contribution in [0.4, 0.5) is 5.82 Å². The van der Waals surface area contributed by atoms with E-state index in [9.17, 15) is 4.79 Å². The molecule has 0 saturated carbocycles. The van der Waals surface area contributed by atoms with Crippen LogP contribution >= 0.6 is 0 Å². The molecule has 4 rings (SSSR count). The van der Waals surface area contributed by atoms with Crippen LogP contribution in [0.1, 0.15) is 34.5 Å². The third kappa shape index (κ3) is 3.36. The topological polar surface area (TPSA) is 69.8 Å². The molecule has 0 saturated heterocycles. The van der Waals surface area contributed by atoms with Crippen LogP contribution in [0.5, 0.6) is 0 Å². The molecule has 1 aliphatic rings. The van der Waals surface area contributed by atoms with Crippen molar-refractivity contribution in [3.63, 3.8) is 0 Å². The molecule has 1 aromatic carbocycles. The number of aryl methyl sites for hydroxylation is 2. The molecule has 0 atom stereocenters. The van der Waals surface area contributed by atoms with Gasteiger partial charge in [0.25, 0.3) is 5.91 Å². The number of carbonyl (C=O) groups excluding carboxylic acids is 1. The Kier molecular flexibility index (Phi) is 4.37. The van der Waals surface area contributed by atoms with E-state index in [0.29, 0.717) is 13.1 Å². The summed E-state index contributed by atoms with van der Waals surface area (Å²) in [7, 11) is 0. The van der Waals surface area contributed by atoms with E-state index in [0.717, 1.165) is 29.7 Å². The highest BCUT2D eigenvalue weighted by molar-refractivity contribution is 5.99. The highest BCUT2D eigenvalue weighted by atomic mass is 16.1. The fourth-order valence-corrected chi connectivity index (χ4v) is 3.48. The molecule has 2 heterocycles.